The number of benzene rings is 2. The van der Waals surface area contributed by atoms with Crippen molar-refractivity contribution in [3.63, 3.8) is 0 Å². The average Bonchev–Trinajstić information content (AvgIpc) is 3.28. The van der Waals surface area contributed by atoms with Crippen molar-refractivity contribution in [3.05, 3.63) is 62.3 Å². The highest BCUT2D eigenvalue weighted by Crippen LogP contribution is 2.54. The number of fused-ring (bicyclic) bond motifs is 4. The average molecular weight is 546 g/mol. The number of aromatic amines is 1. The molecule has 3 aromatic rings. The van der Waals surface area contributed by atoms with Crippen LogP contribution in [0.2, 0.25) is 0 Å². The van der Waals surface area contributed by atoms with Crippen LogP contribution in [0.4, 0.5) is 11.4 Å². The van der Waals surface area contributed by atoms with Crippen molar-refractivity contribution in [2.75, 3.05) is 24.5 Å². The Hall–Kier alpha value is -2.26. The molecular weight excluding hydrogens is 524 g/mol. The number of halogens is 2. The molecule has 7 nitrogen and oxygen atoms in total. The van der Waals surface area contributed by atoms with Gasteiger partial charge in [0.1, 0.15) is 5.82 Å². The molecule has 160 valence electrons. The lowest BCUT2D eigenvalue weighted by Crippen LogP contribution is -2.47. The van der Waals surface area contributed by atoms with E-state index < -0.39 is 0 Å². The van der Waals surface area contributed by atoms with Crippen LogP contribution in [-0.4, -0.2) is 51.1 Å². The number of hydrogen-bond acceptors (Lipinski definition) is 5. The van der Waals surface area contributed by atoms with E-state index in [2.05, 4.69) is 93.8 Å². The van der Waals surface area contributed by atoms with Crippen LogP contribution in [0.1, 0.15) is 36.7 Å². The zero-order valence-corrected chi connectivity index (χ0v) is 20.3. The predicted octanol–water partition coefficient (Wildman–Crippen LogP) is 4.35. The van der Waals surface area contributed by atoms with Crippen LogP contribution in [0, 0.1) is 0 Å². The minimum atomic E-state index is -0.130. The molecule has 9 heteroatoms. The molecule has 5 rings (SSSR count). The van der Waals surface area contributed by atoms with Gasteiger partial charge in [0.15, 0.2) is 0 Å². The molecule has 0 aliphatic carbocycles. The third-order valence-corrected chi connectivity index (χ3v) is 7.54. The summed E-state index contributed by atoms with van der Waals surface area (Å²) in [6, 6.07) is 13.1. The van der Waals surface area contributed by atoms with Crippen LogP contribution < -0.4 is 4.90 Å². The van der Waals surface area contributed by atoms with E-state index in [0.29, 0.717) is 6.42 Å². The fourth-order valence-corrected chi connectivity index (χ4v) is 5.74. The van der Waals surface area contributed by atoms with Gasteiger partial charge in [-0.25, -0.2) is 5.10 Å². The molecule has 0 atom stereocenters. The Kier molecular flexibility index (Phi) is 5.34. The third-order valence-electron chi connectivity index (χ3n) is 6.55. The van der Waals surface area contributed by atoms with E-state index in [4.69, 9.17) is 0 Å². The van der Waals surface area contributed by atoms with E-state index in [1.807, 2.05) is 4.90 Å². The highest BCUT2D eigenvalue weighted by molar-refractivity contribution is 9.10. The van der Waals surface area contributed by atoms with E-state index in [0.717, 1.165) is 47.2 Å². The first kappa shape index (κ1) is 20.6. The maximum atomic E-state index is 12.0. The highest BCUT2D eigenvalue weighted by Gasteiger charge is 2.45. The predicted molar refractivity (Wildman–Crippen MR) is 125 cm³/mol. The van der Waals surface area contributed by atoms with Gasteiger partial charge in [0, 0.05) is 58.7 Å². The summed E-state index contributed by atoms with van der Waals surface area (Å²) in [5.74, 6) is 0.921. The molecule has 0 unspecified atom stereocenters. The molecule has 1 N–H and O–H groups in total. The fraction of sp³-hybridized carbons (Fsp3) is 0.364. The molecule has 1 aromatic heterocycles. The number of likely N-dealkylation sites (tertiary alicyclic amines) is 1. The van der Waals surface area contributed by atoms with Gasteiger partial charge in [-0.2, -0.15) is 0 Å². The number of hydrogen-bond donors (Lipinski definition) is 1. The van der Waals surface area contributed by atoms with Crippen molar-refractivity contribution in [1.29, 1.82) is 0 Å². The Morgan fingerprint density at radius 2 is 1.68 bits per heavy atom. The largest absolute Gasteiger partial charge is 0.343 e. The number of anilines is 2. The van der Waals surface area contributed by atoms with Gasteiger partial charge in [-0.05, 0) is 70.8 Å². The summed E-state index contributed by atoms with van der Waals surface area (Å²) in [5, 5.41) is 14.3. The van der Waals surface area contributed by atoms with Gasteiger partial charge in [-0.3, -0.25) is 4.79 Å². The minimum Gasteiger partial charge on any atom is -0.343 e. The molecule has 1 fully saturated rings. The zero-order valence-electron chi connectivity index (χ0n) is 17.1. The molecule has 0 bridgehead atoms. The fourth-order valence-electron chi connectivity index (χ4n) is 5.01. The molecule has 2 aromatic carbocycles. The van der Waals surface area contributed by atoms with Gasteiger partial charge in [-0.1, -0.05) is 31.9 Å². The van der Waals surface area contributed by atoms with Gasteiger partial charge < -0.3 is 9.80 Å². The van der Waals surface area contributed by atoms with Gasteiger partial charge in [0.05, 0.1) is 0 Å². The smallest absolute Gasteiger partial charge is 0.219 e. The lowest BCUT2D eigenvalue weighted by Gasteiger charge is -2.49. The van der Waals surface area contributed by atoms with Crippen molar-refractivity contribution in [1.82, 2.24) is 25.5 Å². The molecule has 2 aliphatic heterocycles. The number of H-pyrrole nitrogens is 1. The molecule has 2 aliphatic rings. The van der Waals surface area contributed by atoms with E-state index in [1.54, 1.807) is 6.92 Å². The third kappa shape index (κ3) is 3.57. The summed E-state index contributed by atoms with van der Waals surface area (Å²) in [7, 11) is 0. The van der Waals surface area contributed by atoms with Crippen LogP contribution >= 0.6 is 31.9 Å². The first-order valence-corrected chi connectivity index (χ1v) is 11.9. The Bertz CT molecular complexity index is 1070. The van der Waals surface area contributed by atoms with E-state index >= 15 is 0 Å². The number of aromatic nitrogens is 4. The standard InChI is InChI=1S/C22H22Br2N6O/c1-14(31)29-10-7-22(8-11-29)17-12-15(23)2-4-19(17)30(9-6-21-25-27-28-26-21)20-5-3-16(24)13-18(20)22/h2-5,12-13H,6-11H2,1H3,(H,25,26,27,28). The summed E-state index contributed by atoms with van der Waals surface area (Å²) in [4.78, 5) is 16.3. The number of nitrogens with zero attached hydrogens (tertiary/aromatic N) is 5. The molecular formula is C22H22Br2N6O. The lowest BCUT2D eigenvalue weighted by atomic mass is 9.65. The molecule has 1 amide bonds. The first-order valence-electron chi connectivity index (χ1n) is 10.3. The minimum absolute atomic E-state index is 0.130. The van der Waals surface area contributed by atoms with Gasteiger partial charge in [0.2, 0.25) is 5.91 Å². The van der Waals surface area contributed by atoms with E-state index in [-0.39, 0.29) is 11.3 Å². The molecule has 3 heterocycles. The monoisotopic (exact) mass is 544 g/mol. The summed E-state index contributed by atoms with van der Waals surface area (Å²) in [6.45, 7) is 3.94. The SMILES string of the molecule is CC(=O)N1CCC2(CC1)c1cc(Br)ccc1N(CCc1nnn[nH]1)c1ccc(Br)cc12. The second-order valence-electron chi connectivity index (χ2n) is 8.16. The van der Waals surface area contributed by atoms with Gasteiger partial charge >= 0.3 is 0 Å². The first-order chi connectivity index (χ1) is 15.0. The number of nitrogens with one attached hydrogen (secondary N) is 1. The Balaban J connectivity index is 1.63. The second-order valence-corrected chi connectivity index (χ2v) is 9.99. The molecule has 0 saturated carbocycles. The topological polar surface area (TPSA) is 78.0 Å². The van der Waals surface area contributed by atoms with Crippen LogP contribution in [-0.2, 0) is 16.6 Å². The quantitative estimate of drug-likeness (QED) is 0.529. The molecule has 1 spiro atoms. The van der Waals surface area contributed by atoms with Crippen molar-refractivity contribution in [2.45, 2.75) is 31.6 Å². The maximum Gasteiger partial charge on any atom is 0.219 e. The summed E-state index contributed by atoms with van der Waals surface area (Å²) in [5.41, 5.74) is 4.91. The molecule has 31 heavy (non-hydrogen) atoms. The van der Waals surface area contributed by atoms with Crippen molar-refractivity contribution >= 4 is 49.1 Å². The van der Waals surface area contributed by atoms with E-state index in [9.17, 15) is 4.79 Å². The van der Waals surface area contributed by atoms with Crippen molar-refractivity contribution in [3.8, 4) is 0 Å². The number of amides is 1. The van der Waals surface area contributed by atoms with Crippen LogP contribution in [0.5, 0.6) is 0 Å². The lowest BCUT2D eigenvalue weighted by molar-refractivity contribution is -0.130. The summed E-state index contributed by atoms with van der Waals surface area (Å²) < 4.78 is 2.13. The number of carbonyl (C=O) groups excluding carboxylic acids is 1. The summed E-state index contributed by atoms with van der Waals surface area (Å²) in [6.07, 6.45) is 2.52. The Morgan fingerprint density at radius 3 is 2.19 bits per heavy atom. The van der Waals surface area contributed by atoms with Gasteiger partial charge in [-0.15, -0.1) is 5.10 Å². The van der Waals surface area contributed by atoms with Crippen molar-refractivity contribution < 1.29 is 4.79 Å². The molecule has 1 saturated heterocycles. The van der Waals surface area contributed by atoms with E-state index in [1.165, 1.54) is 22.5 Å². The number of piperidine rings is 1. The number of rotatable bonds is 3. The zero-order chi connectivity index (χ0) is 21.6. The number of tetrazole rings is 1. The van der Waals surface area contributed by atoms with Crippen LogP contribution in [0.25, 0.3) is 0 Å². The Labute approximate surface area is 197 Å². The maximum absolute atomic E-state index is 12.0. The normalized spacial score (nSPS) is 16.9. The molecule has 0 radical (unpaired) electrons. The van der Waals surface area contributed by atoms with Crippen molar-refractivity contribution in [2.24, 2.45) is 0 Å². The van der Waals surface area contributed by atoms with Crippen LogP contribution in [0.3, 0.4) is 0 Å². The second kappa shape index (κ2) is 8.02. The van der Waals surface area contributed by atoms with Crippen LogP contribution in [0.15, 0.2) is 45.3 Å². The van der Waals surface area contributed by atoms with Gasteiger partial charge in [0.25, 0.3) is 0 Å². The summed E-state index contributed by atoms with van der Waals surface area (Å²) >= 11 is 7.39. The Morgan fingerprint density at radius 1 is 1.06 bits per heavy atom. The highest BCUT2D eigenvalue weighted by atomic mass is 79.9. The number of carbonyl (C=O) groups is 1.